The number of aldehydes is 1. The summed E-state index contributed by atoms with van der Waals surface area (Å²) < 4.78 is 30.4. The monoisotopic (exact) mass is 713 g/mol. The molecular formula is C44H73FN2O4. The predicted octanol–water partition coefficient (Wildman–Crippen LogP) is 11.2. The Hall–Kier alpha value is -3.10. The van der Waals surface area contributed by atoms with Gasteiger partial charge in [0.15, 0.2) is 5.79 Å². The molecule has 0 aromatic heterocycles. The largest absolute Gasteiger partial charge is 0.379 e. The lowest BCUT2D eigenvalue weighted by Gasteiger charge is -2.34. The minimum Gasteiger partial charge on any atom is -0.379 e. The Labute approximate surface area is 312 Å². The van der Waals surface area contributed by atoms with Crippen molar-refractivity contribution in [3.8, 4) is 0 Å². The number of nitrogens with zero attached hydrogens (tertiary/aromatic N) is 1. The molecule has 0 heterocycles. The number of carbonyl (C=O) groups excluding carboxylic acids is 1. The van der Waals surface area contributed by atoms with Crippen molar-refractivity contribution in [3.05, 3.63) is 109 Å². The molecule has 2 unspecified atom stereocenters. The number of nitrogens with one attached hydrogen (secondary N) is 1. The molecule has 1 N–H and O–H groups in total. The van der Waals surface area contributed by atoms with Gasteiger partial charge in [-0.05, 0) is 123 Å². The lowest BCUT2D eigenvalue weighted by Crippen LogP contribution is -2.37. The van der Waals surface area contributed by atoms with Crippen molar-refractivity contribution >= 4 is 6.29 Å². The van der Waals surface area contributed by atoms with Crippen LogP contribution < -0.4 is 5.32 Å². The molecule has 3 atom stereocenters. The fourth-order valence-corrected chi connectivity index (χ4v) is 4.87. The number of benzene rings is 2. The van der Waals surface area contributed by atoms with Crippen LogP contribution in [0.5, 0.6) is 0 Å². The number of rotatable bonds is 16. The topological polar surface area (TPSA) is 60.0 Å². The maximum absolute atomic E-state index is 13.4. The van der Waals surface area contributed by atoms with Crippen molar-refractivity contribution < 1.29 is 23.4 Å². The van der Waals surface area contributed by atoms with Gasteiger partial charge in [-0.1, -0.05) is 69.0 Å². The van der Waals surface area contributed by atoms with Crippen molar-refractivity contribution in [2.75, 3.05) is 20.7 Å². The summed E-state index contributed by atoms with van der Waals surface area (Å²) in [6, 6.07) is 17.6. The molecule has 51 heavy (non-hydrogen) atoms. The van der Waals surface area contributed by atoms with E-state index in [0.717, 1.165) is 31.4 Å². The minimum atomic E-state index is -0.768. The van der Waals surface area contributed by atoms with Crippen LogP contribution in [0.2, 0.25) is 0 Å². The molecule has 2 aromatic carbocycles. The lowest BCUT2D eigenvalue weighted by molar-refractivity contribution is -0.252. The second-order valence-electron chi connectivity index (χ2n) is 13.8. The molecule has 0 amide bonds. The van der Waals surface area contributed by atoms with Gasteiger partial charge in [-0.3, -0.25) is 0 Å². The standard InChI is InChI=1S/C26H38FNO3.C9H13N.C5H12O.C2H6.C2H4/c1-7-19(2)25(23-10-11-23)28(18-22-8-12-24(27)13-9-22)16-14-20(3)30-26(5,6)31-21(4)15-17-29;1-8(10-2)9-6-4-3-5-7-9;1-5(2,3)6-4;2*1-2/h7-9,12-13,17,20-21,23H,1,10-11,14-16,18H2,2-6H3;3-8,10H,1-2H3;1-4H3;1-2H3;1-2H2/b25-19+;;;;/t;8-;;;/m.0.../s1. The van der Waals surface area contributed by atoms with E-state index in [1.165, 1.54) is 41.8 Å². The molecule has 290 valence electrons. The molecule has 3 rings (SSSR count). The van der Waals surface area contributed by atoms with Crippen LogP contribution in [0.3, 0.4) is 0 Å². The number of allylic oxidation sites excluding steroid dienone is 3. The van der Waals surface area contributed by atoms with Crippen LogP contribution in [-0.4, -0.2) is 55.5 Å². The highest BCUT2D eigenvalue weighted by Gasteiger charge is 2.31. The summed E-state index contributed by atoms with van der Waals surface area (Å²) in [5.41, 5.74) is 4.99. The third-order valence-corrected chi connectivity index (χ3v) is 7.85. The highest BCUT2D eigenvalue weighted by atomic mass is 19.1. The van der Waals surface area contributed by atoms with E-state index in [1.54, 1.807) is 7.11 Å². The zero-order valence-corrected chi connectivity index (χ0v) is 34.5. The third-order valence-electron chi connectivity index (χ3n) is 7.85. The molecule has 0 bridgehead atoms. The van der Waals surface area contributed by atoms with Crippen LogP contribution >= 0.6 is 0 Å². The van der Waals surface area contributed by atoms with Gasteiger partial charge < -0.3 is 29.2 Å². The summed E-state index contributed by atoms with van der Waals surface area (Å²) in [6.45, 7) is 33.5. The summed E-state index contributed by atoms with van der Waals surface area (Å²) in [5.74, 6) is -0.419. The Bertz CT molecular complexity index is 1200. The van der Waals surface area contributed by atoms with Crippen LogP contribution in [0.1, 0.15) is 119 Å². The van der Waals surface area contributed by atoms with E-state index in [0.29, 0.717) is 18.4 Å². The Morgan fingerprint density at radius 1 is 0.961 bits per heavy atom. The minimum absolute atomic E-state index is 0.0290. The summed E-state index contributed by atoms with van der Waals surface area (Å²) >= 11 is 0. The number of methoxy groups -OCH3 is 1. The van der Waals surface area contributed by atoms with Gasteiger partial charge in [0.2, 0.25) is 0 Å². The van der Waals surface area contributed by atoms with Crippen molar-refractivity contribution in [2.24, 2.45) is 5.92 Å². The van der Waals surface area contributed by atoms with E-state index in [9.17, 15) is 9.18 Å². The van der Waals surface area contributed by atoms with Gasteiger partial charge >= 0.3 is 0 Å². The Balaban J connectivity index is 0. The first-order valence-corrected chi connectivity index (χ1v) is 18.4. The number of halogens is 1. The first-order chi connectivity index (χ1) is 24.0. The smallest absolute Gasteiger partial charge is 0.163 e. The second-order valence-corrected chi connectivity index (χ2v) is 13.8. The van der Waals surface area contributed by atoms with E-state index >= 15 is 0 Å². The fraction of sp³-hybridized carbons (Fsp3) is 0.568. The molecule has 7 heteroatoms. The van der Waals surface area contributed by atoms with Crippen LogP contribution in [0, 0.1) is 11.7 Å². The molecule has 1 aliphatic rings. The number of carbonyl (C=O) groups is 1. The second kappa shape index (κ2) is 27.5. The number of hydrogen-bond donors (Lipinski definition) is 1. The Morgan fingerprint density at radius 2 is 1.47 bits per heavy atom. The summed E-state index contributed by atoms with van der Waals surface area (Å²) in [6.07, 6.45) is 6.14. The van der Waals surface area contributed by atoms with Gasteiger partial charge in [0.25, 0.3) is 0 Å². The fourth-order valence-electron chi connectivity index (χ4n) is 4.87. The SMILES string of the molecule is C=C.C=C/C(C)=C(\C1CC1)N(CCC(C)OC(C)(C)OC(C)CC=O)Cc1ccc(F)cc1.CC.CN[C@@H](C)c1ccccc1.COC(C)(C)C. The molecule has 0 aliphatic heterocycles. The average molecular weight is 713 g/mol. The maximum atomic E-state index is 13.4. The lowest BCUT2D eigenvalue weighted by atomic mass is 10.1. The van der Waals surface area contributed by atoms with Gasteiger partial charge in [0.1, 0.15) is 12.1 Å². The normalized spacial score (nSPS) is 14.5. The van der Waals surface area contributed by atoms with Gasteiger partial charge in [0.05, 0.1) is 17.8 Å². The van der Waals surface area contributed by atoms with E-state index in [1.807, 2.05) is 93.6 Å². The Kier molecular flexibility index (Phi) is 27.0. The highest BCUT2D eigenvalue weighted by molar-refractivity contribution is 5.49. The Morgan fingerprint density at radius 3 is 1.90 bits per heavy atom. The third kappa shape index (κ3) is 23.9. The van der Waals surface area contributed by atoms with Crippen molar-refractivity contribution in [2.45, 2.75) is 138 Å². The number of ether oxygens (including phenoxy) is 3. The molecule has 0 spiro atoms. The van der Waals surface area contributed by atoms with E-state index in [2.05, 4.69) is 68.1 Å². The molecular weight excluding hydrogens is 639 g/mol. The first-order valence-electron chi connectivity index (χ1n) is 18.4. The van der Waals surface area contributed by atoms with Crippen molar-refractivity contribution in [3.63, 3.8) is 0 Å². The van der Waals surface area contributed by atoms with Crippen LogP contribution in [0.15, 0.2) is 91.7 Å². The molecule has 6 nitrogen and oxygen atoms in total. The predicted molar refractivity (Wildman–Crippen MR) is 216 cm³/mol. The van der Waals surface area contributed by atoms with Gasteiger partial charge in [-0.2, -0.15) is 0 Å². The highest BCUT2D eigenvalue weighted by Crippen LogP contribution is 2.41. The molecule has 0 saturated heterocycles. The van der Waals surface area contributed by atoms with Crippen LogP contribution in [-0.2, 0) is 25.5 Å². The van der Waals surface area contributed by atoms with Crippen LogP contribution in [0.25, 0.3) is 0 Å². The molecule has 1 saturated carbocycles. The zero-order chi connectivity index (χ0) is 39.6. The van der Waals surface area contributed by atoms with E-state index < -0.39 is 5.79 Å². The van der Waals surface area contributed by atoms with E-state index in [-0.39, 0.29) is 23.6 Å². The van der Waals surface area contributed by atoms with Crippen LogP contribution in [0.4, 0.5) is 4.39 Å². The summed E-state index contributed by atoms with van der Waals surface area (Å²) in [7, 11) is 3.68. The zero-order valence-electron chi connectivity index (χ0n) is 34.5. The maximum Gasteiger partial charge on any atom is 0.163 e. The molecule has 1 aliphatic carbocycles. The number of hydrogen-bond acceptors (Lipinski definition) is 6. The first kappa shape index (κ1) is 50.0. The average Bonchev–Trinajstić information content (AvgIpc) is 3.95. The summed E-state index contributed by atoms with van der Waals surface area (Å²) in [4.78, 5) is 13.1. The van der Waals surface area contributed by atoms with Gasteiger partial charge in [-0.15, -0.1) is 13.2 Å². The van der Waals surface area contributed by atoms with Gasteiger partial charge in [-0.25, -0.2) is 4.39 Å². The van der Waals surface area contributed by atoms with Gasteiger partial charge in [0, 0.05) is 38.4 Å². The van der Waals surface area contributed by atoms with Crippen molar-refractivity contribution in [1.29, 1.82) is 0 Å². The van der Waals surface area contributed by atoms with E-state index in [4.69, 9.17) is 14.2 Å². The quantitative estimate of drug-likeness (QED) is 0.0809. The molecule has 2 aromatic rings. The van der Waals surface area contributed by atoms with Crippen molar-refractivity contribution in [1.82, 2.24) is 10.2 Å². The molecule has 1 fully saturated rings. The molecule has 0 radical (unpaired) electrons. The summed E-state index contributed by atoms with van der Waals surface area (Å²) in [5, 5.41) is 3.18.